The summed E-state index contributed by atoms with van der Waals surface area (Å²) in [6.07, 6.45) is 0. The van der Waals surface area contributed by atoms with Gasteiger partial charge in [-0.1, -0.05) is 12.1 Å². The van der Waals surface area contributed by atoms with Crippen LogP contribution in [-0.4, -0.2) is 24.7 Å². The molecule has 0 spiro atoms. The van der Waals surface area contributed by atoms with Gasteiger partial charge in [-0.15, -0.1) is 0 Å². The molecule has 0 aromatic heterocycles. The Kier molecular flexibility index (Phi) is 5.46. The minimum atomic E-state index is -0.341. The van der Waals surface area contributed by atoms with E-state index in [1.165, 1.54) is 19.2 Å². The fourth-order valence-corrected chi connectivity index (χ4v) is 2.21. The molecule has 5 nitrogen and oxygen atoms in total. The van der Waals surface area contributed by atoms with Gasteiger partial charge in [-0.25, -0.2) is 0 Å². The van der Waals surface area contributed by atoms with E-state index in [-0.39, 0.29) is 23.3 Å². The van der Waals surface area contributed by atoms with Crippen molar-refractivity contribution in [2.24, 2.45) is 0 Å². The largest absolute Gasteiger partial charge is 0.507 e. The third-order valence-corrected chi connectivity index (χ3v) is 3.49. The summed E-state index contributed by atoms with van der Waals surface area (Å²) in [5.41, 5.74) is 1.17. The number of phenolic OH excluding ortho intramolecular Hbond substituents is 1. The standard InChI is InChI=1S/C18H21NO4/c1-4-23-14-7-5-13(6-8-14)12(2)19-18(21)16-10-9-15(22-3)11-17(16)20/h5-12,20H,4H2,1-3H3,(H,19,21). The molecule has 1 amide bonds. The molecule has 0 aliphatic carbocycles. The number of rotatable bonds is 6. The van der Waals surface area contributed by atoms with E-state index in [0.717, 1.165) is 11.3 Å². The van der Waals surface area contributed by atoms with E-state index in [1.807, 2.05) is 38.1 Å². The van der Waals surface area contributed by atoms with Crippen LogP contribution in [0.25, 0.3) is 0 Å². The molecule has 0 saturated heterocycles. The molecule has 0 aliphatic rings. The number of amides is 1. The van der Waals surface area contributed by atoms with E-state index in [1.54, 1.807) is 6.07 Å². The first kappa shape index (κ1) is 16.7. The third kappa shape index (κ3) is 4.16. The van der Waals surface area contributed by atoms with Crippen LogP contribution in [0.4, 0.5) is 0 Å². The molecule has 1 unspecified atom stereocenters. The predicted octanol–water partition coefficient (Wildman–Crippen LogP) is 3.29. The lowest BCUT2D eigenvalue weighted by Crippen LogP contribution is -2.26. The number of hydrogen-bond donors (Lipinski definition) is 2. The molecule has 0 saturated carbocycles. The highest BCUT2D eigenvalue weighted by Crippen LogP contribution is 2.24. The molecule has 1 atom stereocenters. The Morgan fingerprint density at radius 1 is 1.17 bits per heavy atom. The summed E-state index contributed by atoms with van der Waals surface area (Å²) in [6.45, 7) is 4.43. The number of ether oxygens (including phenoxy) is 2. The van der Waals surface area contributed by atoms with Crippen LogP contribution in [0.5, 0.6) is 17.2 Å². The Morgan fingerprint density at radius 2 is 1.83 bits per heavy atom. The van der Waals surface area contributed by atoms with Gasteiger partial charge in [0.1, 0.15) is 17.2 Å². The quantitative estimate of drug-likeness (QED) is 0.858. The summed E-state index contributed by atoms with van der Waals surface area (Å²) < 4.78 is 10.4. The Hall–Kier alpha value is -2.69. The number of carbonyl (C=O) groups excluding carboxylic acids is 1. The zero-order valence-corrected chi connectivity index (χ0v) is 13.5. The molecule has 2 aromatic rings. The van der Waals surface area contributed by atoms with Crippen LogP contribution in [-0.2, 0) is 0 Å². The fraction of sp³-hybridized carbons (Fsp3) is 0.278. The predicted molar refractivity (Wildman–Crippen MR) is 88.2 cm³/mol. The highest BCUT2D eigenvalue weighted by atomic mass is 16.5. The maximum absolute atomic E-state index is 12.3. The van der Waals surface area contributed by atoms with Crippen molar-refractivity contribution in [1.82, 2.24) is 5.32 Å². The summed E-state index contributed by atoms with van der Waals surface area (Å²) >= 11 is 0. The van der Waals surface area contributed by atoms with Crippen molar-refractivity contribution in [3.63, 3.8) is 0 Å². The highest BCUT2D eigenvalue weighted by molar-refractivity contribution is 5.97. The SMILES string of the molecule is CCOc1ccc(C(C)NC(=O)c2ccc(OC)cc2O)cc1. The Balaban J connectivity index is 2.07. The van der Waals surface area contributed by atoms with E-state index in [4.69, 9.17) is 9.47 Å². The van der Waals surface area contributed by atoms with Crippen molar-refractivity contribution in [2.75, 3.05) is 13.7 Å². The first-order valence-electron chi connectivity index (χ1n) is 7.45. The second-order valence-electron chi connectivity index (χ2n) is 5.08. The van der Waals surface area contributed by atoms with Gasteiger partial charge in [0.15, 0.2) is 0 Å². The Bertz CT molecular complexity index is 667. The molecule has 0 heterocycles. The van der Waals surface area contributed by atoms with Gasteiger partial charge in [0.05, 0.1) is 25.3 Å². The van der Waals surface area contributed by atoms with Gasteiger partial charge in [-0.2, -0.15) is 0 Å². The van der Waals surface area contributed by atoms with Crippen LogP contribution in [0, 0.1) is 0 Å². The van der Waals surface area contributed by atoms with Crippen LogP contribution in [0.1, 0.15) is 35.8 Å². The maximum Gasteiger partial charge on any atom is 0.255 e. The summed E-state index contributed by atoms with van der Waals surface area (Å²) in [5.74, 6) is 0.841. The first-order valence-corrected chi connectivity index (χ1v) is 7.45. The van der Waals surface area contributed by atoms with E-state index >= 15 is 0 Å². The monoisotopic (exact) mass is 315 g/mol. The van der Waals surface area contributed by atoms with Crippen molar-refractivity contribution in [1.29, 1.82) is 0 Å². The van der Waals surface area contributed by atoms with Gasteiger partial charge >= 0.3 is 0 Å². The average Bonchev–Trinajstić information content (AvgIpc) is 2.55. The zero-order valence-electron chi connectivity index (χ0n) is 13.5. The Morgan fingerprint density at radius 3 is 2.39 bits per heavy atom. The average molecular weight is 315 g/mol. The number of carbonyl (C=O) groups is 1. The van der Waals surface area contributed by atoms with E-state index < -0.39 is 0 Å². The van der Waals surface area contributed by atoms with E-state index in [0.29, 0.717) is 12.4 Å². The topological polar surface area (TPSA) is 67.8 Å². The third-order valence-electron chi connectivity index (χ3n) is 3.49. The first-order chi connectivity index (χ1) is 11.0. The summed E-state index contributed by atoms with van der Waals surface area (Å²) in [6, 6.07) is 11.9. The number of nitrogens with one attached hydrogen (secondary N) is 1. The van der Waals surface area contributed by atoms with Crippen molar-refractivity contribution >= 4 is 5.91 Å². The fourth-order valence-electron chi connectivity index (χ4n) is 2.21. The van der Waals surface area contributed by atoms with Crippen molar-refractivity contribution in [2.45, 2.75) is 19.9 Å². The van der Waals surface area contributed by atoms with Crippen LogP contribution >= 0.6 is 0 Å². The molecule has 23 heavy (non-hydrogen) atoms. The van der Waals surface area contributed by atoms with Crippen molar-refractivity contribution in [3.05, 3.63) is 53.6 Å². The molecule has 0 aliphatic heterocycles. The minimum absolute atomic E-state index is 0.110. The van der Waals surface area contributed by atoms with Crippen LogP contribution in [0.2, 0.25) is 0 Å². The molecular formula is C18H21NO4. The normalized spacial score (nSPS) is 11.6. The lowest BCUT2D eigenvalue weighted by atomic mass is 10.1. The number of hydrogen-bond acceptors (Lipinski definition) is 4. The molecule has 2 rings (SSSR count). The van der Waals surface area contributed by atoms with Crippen molar-refractivity contribution < 1.29 is 19.4 Å². The lowest BCUT2D eigenvalue weighted by molar-refractivity contribution is 0.0937. The van der Waals surface area contributed by atoms with Gasteiger partial charge in [0.25, 0.3) is 5.91 Å². The number of phenols is 1. The van der Waals surface area contributed by atoms with Crippen molar-refractivity contribution in [3.8, 4) is 17.2 Å². The molecule has 122 valence electrons. The number of aromatic hydroxyl groups is 1. The lowest BCUT2D eigenvalue weighted by Gasteiger charge is -2.15. The van der Waals surface area contributed by atoms with E-state index in [9.17, 15) is 9.90 Å². The highest BCUT2D eigenvalue weighted by Gasteiger charge is 2.15. The molecule has 0 bridgehead atoms. The van der Waals surface area contributed by atoms with Crippen LogP contribution in [0.15, 0.2) is 42.5 Å². The smallest absolute Gasteiger partial charge is 0.255 e. The van der Waals surface area contributed by atoms with Crippen LogP contribution in [0.3, 0.4) is 0 Å². The molecular weight excluding hydrogens is 294 g/mol. The zero-order chi connectivity index (χ0) is 16.8. The van der Waals surface area contributed by atoms with Gasteiger partial charge in [-0.3, -0.25) is 4.79 Å². The van der Waals surface area contributed by atoms with Gasteiger partial charge in [0, 0.05) is 6.07 Å². The maximum atomic E-state index is 12.3. The molecule has 0 radical (unpaired) electrons. The number of benzene rings is 2. The molecule has 2 aromatic carbocycles. The Labute approximate surface area is 135 Å². The van der Waals surface area contributed by atoms with E-state index in [2.05, 4.69) is 5.32 Å². The van der Waals surface area contributed by atoms with Gasteiger partial charge < -0.3 is 19.9 Å². The van der Waals surface area contributed by atoms with Gasteiger partial charge in [-0.05, 0) is 43.7 Å². The summed E-state index contributed by atoms with van der Waals surface area (Å²) in [5, 5.41) is 12.8. The summed E-state index contributed by atoms with van der Waals surface area (Å²) in [4.78, 5) is 12.3. The van der Waals surface area contributed by atoms with Crippen LogP contribution < -0.4 is 14.8 Å². The molecule has 0 fully saturated rings. The van der Waals surface area contributed by atoms with Gasteiger partial charge in [0.2, 0.25) is 0 Å². The molecule has 5 heteroatoms. The minimum Gasteiger partial charge on any atom is -0.507 e. The molecule has 2 N–H and O–H groups in total. The summed E-state index contributed by atoms with van der Waals surface area (Å²) in [7, 11) is 1.50. The second-order valence-corrected chi connectivity index (χ2v) is 5.08. The number of methoxy groups -OCH3 is 1. The second kappa shape index (κ2) is 7.54.